The van der Waals surface area contributed by atoms with Crippen molar-refractivity contribution in [3.8, 4) is 24.3 Å². The quantitative estimate of drug-likeness (QED) is 0.0494. The number of anilines is 10. The van der Waals surface area contributed by atoms with E-state index in [1.165, 1.54) is 0 Å². The molecule has 0 N–H and O–H groups in total. The van der Waals surface area contributed by atoms with Gasteiger partial charge in [0.05, 0.1) is 76.1 Å². The van der Waals surface area contributed by atoms with Crippen LogP contribution in [0, 0.1) is 71.6 Å². The first-order valence-electron chi connectivity index (χ1n) is 22.3. The van der Waals surface area contributed by atoms with Crippen molar-refractivity contribution in [2.24, 2.45) is 0 Å². The molecule has 14 heteroatoms. The molecule has 0 saturated carbocycles. The highest BCUT2D eigenvalue weighted by Crippen LogP contribution is 2.41. The van der Waals surface area contributed by atoms with Crippen molar-refractivity contribution in [1.29, 1.82) is 21.0 Å². The molecular formula is C54H52N14. The molecule has 0 bridgehead atoms. The van der Waals surface area contributed by atoms with Gasteiger partial charge < -0.3 is 48.8 Å². The molecule has 5 aromatic carbocycles. The number of hydrogen-bond acceptors (Lipinski definition) is 10. The lowest BCUT2D eigenvalue weighted by Crippen LogP contribution is -2.27. The second-order valence-electron chi connectivity index (χ2n) is 15.4. The molecule has 338 valence electrons. The predicted octanol–water partition coefficient (Wildman–Crippen LogP) is 11.2. The number of nitriles is 4. The molecule has 0 radical (unpaired) electrons. The molecular weight excluding hydrogens is 845 g/mol. The van der Waals surface area contributed by atoms with Gasteiger partial charge in [-0.15, -0.1) is 0 Å². The minimum Gasteiger partial charge on any atom is -0.363 e. The summed E-state index contributed by atoms with van der Waals surface area (Å²) in [6.45, 7) is 34.8. The molecule has 0 aliphatic heterocycles. The Bertz CT molecular complexity index is 2270. The standard InChI is InChI=1S/C54H52N14/c1-59-33-41-63(37-5-29-55)45-9-17-49(18-10-45)67(50-19-11-46(12-20-50)64(38-6-30-56)42-34-60-2)53-25-27-54(28-26-53)68(51-21-13-47(14-22-51)65(39-7-31-57)43-35-61-3)52-23-15-48(16-24-52)66(40-8-32-58)44-36-62-4/h9-28H,5-8,33-44H2. The molecule has 0 atom stereocenters. The SMILES string of the molecule is [C-]#[N+]CCN(CCC#N)c1ccc(N(c2ccc(N(CCC#N)CC[N+]#[C-])cc2)c2ccc(N(c3ccc(N(CCC#N)CC[N+]#[C-])cc3)c3ccc(N(CCC#N)CC[N+]#[C-])cc3)cc2)cc1. The third kappa shape index (κ3) is 13.9. The summed E-state index contributed by atoms with van der Waals surface area (Å²) in [5.74, 6) is 0. The van der Waals surface area contributed by atoms with Crippen molar-refractivity contribution in [1.82, 2.24) is 0 Å². The van der Waals surface area contributed by atoms with E-state index >= 15 is 0 Å². The van der Waals surface area contributed by atoms with Crippen molar-refractivity contribution in [3.05, 3.63) is 167 Å². The minimum absolute atomic E-state index is 0.318. The Hall–Kier alpha value is -9.18. The number of nitrogens with zero attached hydrogens (tertiary/aromatic N) is 14. The van der Waals surface area contributed by atoms with Gasteiger partial charge in [-0.25, -0.2) is 26.3 Å². The van der Waals surface area contributed by atoms with Gasteiger partial charge in [0, 0.05) is 83.1 Å². The van der Waals surface area contributed by atoms with Crippen LogP contribution in [0.5, 0.6) is 0 Å². The van der Waals surface area contributed by atoms with Gasteiger partial charge in [0.15, 0.2) is 0 Å². The van der Waals surface area contributed by atoms with E-state index in [0.717, 1.165) is 56.9 Å². The highest BCUT2D eigenvalue weighted by atomic mass is 15.2. The molecule has 0 aliphatic rings. The zero-order valence-electron chi connectivity index (χ0n) is 38.1. The molecule has 14 nitrogen and oxygen atoms in total. The molecule has 0 aromatic heterocycles. The van der Waals surface area contributed by atoms with Crippen LogP contribution in [0.2, 0.25) is 0 Å². The monoisotopic (exact) mass is 896 g/mol. The van der Waals surface area contributed by atoms with Crippen LogP contribution in [0.4, 0.5) is 56.9 Å². The molecule has 0 spiro atoms. The Labute approximate surface area is 401 Å². The summed E-state index contributed by atoms with van der Waals surface area (Å²) in [5.41, 5.74) is 8.96. The average molecular weight is 897 g/mol. The summed E-state index contributed by atoms with van der Waals surface area (Å²) < 4.78 is 0. The Morgan fingerprint density at radius 3 is 0.588 bits per heavy atom. The van der Waals surface area contributed by atoms with Crippen molar-refractivity contribution in [2.45, 2.75) is 25.7 Å². The van der Waals surface area contributed by atoms with Crippen LogP contribution in [-0.4, -0.2) is 78.5 Å². The lowest BCUT2D eigenvalue weighted by atomic mass is 10.1. The van der Waals surface area contributed by atoms with Crippen LogP contribution in [-0.2, 0) is 0 Å². The maximum Gasteiger partial charge on any atom is 0.231 e. The fraction of sp³-hybridized carbons (Fsp3) is 0.296. The molecule has 5 rings (SSSR count). The van der Waals surface area contributed by atoms with Crippen LogP contribution >= 0.6 is 0 Å². The van der Waals surface area contributed by atoms with E-state index in [1.807, 2.05) is 97.1 Å². The van der Waals surface area contributed by atoms with E-state index in [9.17, 15) is 21.0 Å². The Morgan fingerprint density at radius 1 is 0.279 bits per heavy atom. The lowest BCUT2D eigenvalue weighted by Gasteiger charge is -2.30. The zero-order valence-corrected chi connectivity index (χ0v) is 38.1. The highest BCUT2D eigenvalue weighted by molar-refractivity contribution is 5.82. The van der Waals surface area contributed by atoms with Crippen LogP contribution in [0.1, 0.15) is 25.7 Å². The maximum atomic E-state index is 9.33. The summed E-state index contributed by atoms with van der Waals surface area (Å²) in [5, 5.41) is 37.3. The van der Waals surface area contributed by atoms with Crippen molar-refractivity contribution in [3.63, 3.8) is 0 Å². The number of hydrogen-bond donors (Lipinski definition) is 0. The third-order valence-corrected chi connectivity index (χ3v) is 11.2. The van der Waals surface area contributed by atoms with E-state index in [2.05, 4.69) is 97.3 Å². The second-order valence-corrected chi connectivity index (χ2v) is 15.4. The molecule has 0 saturated heterocycles. The molecule has 5 aromatic rings. The topological polar surface area (TPSA) is 132 Å². The fourth-order valence-corrected chi connectivity index (χ4v) is 7.80. The van der Waals surface area contributed by atoms with Gasteiger partial charge in [-0.2, -0.15) is 21.0 Å². The Morgan fingerprint density at radius 2 is 0.441 bits per heavy atom. The van der Waals surface area contributed by atoms with Crippen molar-refractivity contribution < 1.29 is 0 Å². The first-order chi connectivity index (χ1) is 33.4. The van der Waals surface area contributed by atoms with Gasteiger partial charge in [-0.3, -0.25) is 0 Å². The normalized spacial score (nSPS) is 10.0. The third-order valence-electron chi connectivity index (χ3n) is 11.2. The number of benzene rings is 5. The summed E-state index contributed by atoms with van der Waals surface area (Å²) >= 11 is 0. The van der Waals surface area contributed by atoms with Gasteiger partial charge in [-0.1, -0.05) is 0 Å². The average Bonchev–Trinajstić information content (AvgIpc) is 3.38. The van der Waals surface area contributed by atoms with Gasteiger partial charge in [0.2, 0.25) is 26.2 Å². The molecule has 0 fully saturated rings. The van der Waals surface area contributed by atoms with E-state index in [0.29, 0.717) is 104 Å². The van der Waals surface area contributed by atoms with Crippen molar-refractivity contribution >= 4 is 56.9 Å². The lowest BCUT2D eigenvalue weighted by molar-refractivity contribution is 0.815. The van der Waals surface area contributed by atoms with E-state index in [-0.39, 0.29) is 0 Å². The summed E-state index contributed by atoms with van der Waals surface area (Å²) in [6.07, 6.45) is 1.35. The zero-order chi connectivity index (χ0) is 48.4. The smallest absolute Gasteiger partial charge is 0.231 e. The van der Waals surface area contributed by atoms with Gasteiger partial charge in [0.1, 0.15) is 0 Å². The van der Waals surface area contributed by atoms with Crippen LogP contribution < -0.4 is 29.4 Å². The van der Waals surface area contributed by atoms with Gasteiger partial charge in [0.25, 0.3) is 0 Å². The van der Waals surface area contributed by atoms with Gasteiger partial charge in [-0.05, 0) is 121 Å². The Balaban J connectivity index is 1.59. The summed E-state index contributed by atoms with van der Waals surface area (Å²) in [7, 11) is 0. The number of rotatable bonds is 26. The minimum atomic E-state index is 0.318. The van der Waals surface area contributed by atoms with E-state index in [4.69, 9.17) is 26.3 Å². The predicted molar refractivity (Wildman–Crippen MR) is 271 cm³/mol. The summed E-state index contributed by atoms with van der Waals surface area (Å²) in [4.78, 5) is 26.7. The van der Waals surface area contributed by atoms with E-state index < -0.39 is 0 Å². The molecule has 0 unspecified atom stereocenters. The van der Waals surface area contributed by atoms with E-state index in [1.54, 1.807) is 0 Å². The first-order valence-corrected chi connectivity index (χ1v) is 22.3. The second kappa shape index (κ2) is 27.2. The van der Waals surface area contributed by atoms with Crippen LogP contribution in [0.15, 0.2) is 121 Å². The Kier molecular flexibility index (Phi) is 19.9. The molecule has 0 heterocycles. The highest BCUT2D eigenvalue weighted by Gasteiger charge is 2.20. The maximum absolute atomic E-state index is 9.33. The first kappa shape index (κ1) is 49.8. The van der Waals surface area contributed by atoms with Crippen molar-refractivity contribution in [2.75, 3.05) is 108 Å². The fourth-order valence-electron chi connectivity index (χ4n) is 7.80. The molecule has 68 heavy (non-hydrogen) atoms. The van der Waals surface area contributed by atoms with Gasteiger partial charge >= 0.3 is 0 Å². The van der Waals surface area contributed by atoms with Crippen LogP contribution in [0.3, 0.4) is 0 Å². The molecule has 0 aliphatic carbocycles. The van der Waals surface area contributed by atoms with Crippen LogP contribution in [0.25, 0.3) is 19.4 Å². The molecule has 0 amide bonds. The largest absolute Gasteiger partial charge is 0.363 e. The summed E-state index contributed by atoms with van der Waals surface area (Å²) in [6, 6.07) is 49.6.